The molecule has 0 atom stereocenters. The van der Waals surface area contributed by atoms with Gasteiger partial charge >= 0.3 is 0 Å². The first-order valence-corrected chi connectivity index (χ1v) is 9.15. The third-order valence-corrected chi connectivity index (χ3v) is 4.44. The number of carbonyl (C=O) groups is 1. The van der Waals surface area contributed by atoms with Gasteiger partial charge in [0.05, 0.1) is 13.1 Å². The molecule has 0 fully saturated rings. The van der Waals surface area contributed by atoms with E-state index in [4.69, 9.17) is 0 Å². The number of nitrogens with one attached hydrogen (secondary N) is 1. The average Bonchev–Trinajstić information content (AvgIpc) is 2.51. The lowest BCUT2D eigenvalue weighted by Gasteiger charge is -2.28. The molecular weight excluding hydrogens is 304 g/mol. The van der Waals surface area contributed by atoms with Crippen LogP contribution in [-0.4, -0.2) is 41.7 Å². The van der Waals surface area contributed by atoms with Crippen LogP contribution in [0, 0.1) is 11.8 Å². The predicted molar refractivity (Wildman–Crippen MR) is 99.5 cm³/mol. The Kier molecular flexibility index (Phi) is 9.51. The van der Waals surface area contributed by atoms with Gasteiger partial charge in [-0.05, 0) is 39.8 Å². The first-order valence-electron chi connectivity index (χ1n) is 8.16. The van der Waals surface area contributed by atoms with E-state index in [9.17, 15) is 4.79 Å². The van der Waals surface area contributed by atoms with Crippen LogP contribution in [0.2, 0.25) is 0 Å². The molecule has 3 nitrogen and oxygen atoms in total. The van der Waals surface area contributed by atoms with E-state index in [1.807, 2.05) is 18.2 Å². The van der Waals surface area contributed by atoms with Gasteiger partial charge in [-0.15, -0.1) is 11.8 Å². The molecule has 0 spiro atoms. The van der Waals surface area contributed by atoms with Crippen LogP contribution in [0.5, 0.6) is 0 Å². The fraction of sp³-hybridized carbons (Fsp3) is 0.526. The third-order valence-electron chi connectivity index (χ3n) is 3.43. The smallest absolute Gasteiger partial charge is 0.221 e. The number of benzene rings is 1. The highest BCUT2D eigenvalue weighted by Crippen LogP contribution is 2.17. The molecule has 0 aromatic heterocycles. The highest BCUT2D eigenvalue weighted by atomic mass is 32.2. The van der Waals surface area contributed by atoms with Gasteiger partial charge in [-0.2, -0.15) is 0 Å². The van der Waals surface area contributed by atoms with Crippen molar-refractivity contribution >= 4 is 17.7 Å². The lowest BCUT2D eigenvalue weighted by Crippen LogP contribution is -2.37. The average molecular weight is 333 g/mol. The van der Waals surface area contributed by atoms with Crippen molar-refractivity contribution < 1.29 is 4.79 Å². The largest absolute Gasteiger partial charge is 0.345 e. The number of hydrogen-bond acceptors (Lipinski definition) is 3. The Morgan fingerprint density at radius 2 is 1.78 bits per heavy atom. The molecule has 0 bridgehead atoms. The van der Waals surface area contributed by atoms with Gasteiger partial charge in [-0.25, -0.2) is 0 Å². The first kappa shape index (κ1) is 19.6. The highest BCUT2D eigenvalue weighted by molar-refractivity contribution is 7.99. The number of nitrogens with zero attached hydrogens (tertiary/aromatic N) is 1. The molecule has 0 unspecified atom stereocenters. The zero-order valence-corrected chi connectivity index (χ0v) is 15.5. The van der Waals surface area contributed by atoms with Gasteiger partial charge in [0.2, 0.25) is 5.91 Å². The second-order valence-electron chi connectivity index (χ2n) is 5.90. The summed E-state index contributed by atoms with van der Waals surface area (Å²) < 4.78 is 0. The van der Waals surface area contributed by atoms with Crippen LogP contribution >= 0.6 is 11.8 Å². The number of thioether (sulfide) groups is 1. The predicted octanol–water partition coefficient (Wildman–Crippen LogP) is 3.41. The standard InChI is InChI=1S/C19H28N2OS/c1-16(2)21(17(3)4)14-9-8-13-20-19(22)12-15-23-18-10-6-5-7-11-18/h5-7,10-11,16-17H,12-15H2,1-4H3,(H,20,22). The summed E-state index contributed by atoms with van der Waals surface area (Å²) in [5.41, 5.74) is 0. The number of carbonyl (C=O) groups excluding carboxylic acids is 1. The SMILES string of the molecule is CC(C)N(CC#CCNC(=O)CCSc1ccccc1)C(C)C. The van der Waals surface area contributed by atoms with E-state index in [1.54, 1.807) is 11.8 Å². The van der Waals surface area contributed by atoms with Crippen molar-refractivity contribution in [1.82, 2.24) is 10.2 Å². The van der Waals surface area contributed by atoms with Gasteiger partial charge in [-0.3, -0.25) is 9.69 Å². The van der Waals surface area contributed by atoms with Crippen molar-refractivity contribution in [3.8, 4) is 11.8 Å². The molecule has 1 amide bonds. The van der Waals surface area contributed by atoms with Gasteiger partial charge < -0.3 is 5.32 Å². The summed E-state index contributed by atoms with van der Waals surface area (Å²) in [6, 6.07) is 11.1. The minimum Gasteiger partial charge on any atom is -0.345 e. The highest BCUT2D eigenvalue weighted by Gasteiger charge is 2.10. The molecule has 0 aliphatic heterocycles. The van der Waals surface area contributed by atoms with Crippen LogP contribution in [0.3, 0.4) is 0 Å². The maximum absolute atomic E-state index is 11.7. The van der Waals surface area contributed by atoms with E-state index < -0.39 is 0 Å². The Morgan fingerprint density at radius 1 is 1.13 bits per heavy atom. The second kappa shape index (κ2) is 11.2. The quantitative estimate of drug-likeness (QED) is 0.585. The minimum absolute atomic E-state index is 0.0623. The zero-order valence-electron chi connectivity index (χ0n) is 14.6. The van der Waals surface area contributed by atoms with Crippen molar-refractivity contribution in [3.05, 3.63) is 30.3 Å². The van der Waals surface area contributed by atoms with Crippen LogP contribution in [0.4, 0.5) is 0 Å². The van der Waals surface area contributed by atoms with Gasteiger partial charge in [0.25, 0.3) is 0 Å². The Labute approximate surface area is 145 Å². The number of amides is 1. The summed E-state index contributed by atoms with van der Waals surface area (Å²) in [5, 5.41) is 2.86. The van der Waals surface area contributed by atoms with E-state index in [2.05, 4.69) is 61.9 Å². The molecule has 0 aliphatic rings. The number of hydrogen-bond donors (Lipinski definition) is 1. The Morgan fingerprint density at radius 3 is 2.39 bits per heavy atom. The molecule has 1 rings (SSSR count). The topological polar surface area (TPSA) is 32.3 Å². The normalized spacial score (nSPS) is 10.7. The summed E-state index contributed by atoms with van der Waals surface area (Å²) in [7, 11) is 0. The maximum Gasteiger partial charge on any atom is 0.221 e. The summed E-state index contributed by atoms with van der Waals surface area (Å²) in [5.74, 6) is 7.03. The van der Waals surface area contributed by atoms with Crippen molar-refractivity contribution in [2.75, 3.05) is 18.8 Å². The van der Waals surface area contributed by atoms with Crippen molar-refractivity contribution in [2.45, 2.75) is 51.1 Å². The zero-order chi connectivity index (χ0) is 17.1. The van der Waals surface area contributed by atoms with E-state index in [0.717, 1.165) is 12.3 Å². The van der Waals surface area contributed by atoms with E-state index in [1.165, 1.54) is 4.90 Å². The monoisotopic (exact) mass is 332 g/mol. The molecule has 4 heteroatoms. The molecule has 1 N–H and O–H groups in total. The summed E-state index contributed by atoms with van der Waals surface area (Å²) >= 11 is 1.70. The van der Waals surface area contributed by atoms with E-state index in [-0.39, 0.29) is 5.91 Å². The van der Waals surface area contributed by atoms with Gasteiger partial charge in [0.1, 0.15) is 0 Å². The van der Waals surface area contributed by atoms with Crippen LogP contribution in [0.15, 0.2) is 35.2 Å². The lowest BCUT2D eigenvalue weighted by molar-refractivity contribution is -0.120. The molecule has 0 heterocycles. The molecule has 0 aliphatic carbocycles. The van der Waals surface area contributed by atoms with Crippen LogP contribution in [0.25, 0.3) is 0 Å². The first-order chi connectivity index (χ1) is 11.0. The Bertz CT molecular complexity index is 509. The second-order valence-corrected chi connectivity index (χ2v) is 7.07. The fourth-order valence-electron chi connectivity index (χ4n) is 2.18. The third kappa shape index (κ3) is 8.68. The molecule has 126 valence electrons. The molecule has 0 radical (unpaired) electrons. The molecule has 1 aromatic carbocycles. The fourth-order valence-corrected chi connectivity index (χ4v) is 3.05. The van der Waals surface area contributed by atoms with Crippen molar-refractivity contribution in [1.29, 1.82) is 0 Å². The summed E-state index contributed by atoms with van der Waals surface area (Å²) in [4.78, 5) is 15.3. The Balaban J connectivity index is 2.18. The van der Waals surface area contributed by atoms with Gasteiger partial charge in [-0.1, -0.05) is 30.0 Å². The van der Waals surface area contributed by atoms with E-state index >= 15 is 0 Å². The lowest BCUT2D eigenvalue weighted by atomic mass is 10.2. The van der Waals surface area contributed by atoms with Crippen LogP contribution < -0.4 is 5.32 Å². The number of rotatable bonds is 8. The Hall–Kier alpha value is -1.44. The molecule has 0 saturated carbocycles. The molecule has 1 aromatic rings. The van der Waals surface area contributed by atoms with Crippen molar-refractivity contribution in [3.63, 3.8) is 0 Å². The van der Waals surface area contributed by atoms with Gasteiger partial charge in [0, 0.05) is 29.2 Å². The van der Waals surface area contributed by atoms with Crippen LogP contribution in [0.1, 0.15) is 34.1 Å². The van der Waals surface area contributed by atoms with Gasteiger partial charge in [0.15, 0.2) is 0 Å². The van der Waals surface area contributed by atoms with Crippen molar-refractivity contribution in [2.24, 2.45) is 0 Å². The minimum atomic E-state index is 0.0623. The van der Waals surface area contributed by atoms with Crippen LogP contribution in [-0.2, 0) is 4.79 Å². The maximum atomic E-state index is 11.7. The molecular formula is C19H28N2OS. The van der Waals surface area contributed by atoms with E-state index in [0.29, 0.717) is 25.0 Å². The summed E-state index contributed by atoms with van der Waals surface area (Å²) in [6.07, 6.45) is 0.519. The summed E-state index contributed by atoms with van der Waals surface area (Å²) in [6.45, 7) is 9.87. The molecule has 0 saturated heterocycles. The molecule has 23 heavy (non-hydrogen) atoms.